The fraction of sp³-hybridized carbons (Fsp3) is 0.200. The molecule has 0 radical (unpaired) electrons. The molecule has 4 rings (SSSR count). The number of nitrogens with one attached hydrogen (secondary N) is 2. The zero-order valence-corrected chi connectivity index (χ0v) is 17.1. The molecule has 1 aromatic heterocycles. The third-order valence-electron chi connectivity index (χ3n) is 4.29. The number of hydrazone groups is 1. The minimum atomic E-state index is -0.383. The van der Waals surface area contributed by atoms with Crippen LogP contribution in [0.15, 0.2) is 53.6 Å². The highest BCUT2D eigenvalue weighted by Gasteiger charge is 2.16. The van der Waals surface area contributed by atoms with Gasteiger partial charge in [-0.2, -0.15) is 20.1 Å². The zero-order chi connectivity index (χ0) is 20.8. The first kappa shape index (κ1) is 22.3. The van der Waals surface area contributed by atoms with Crippen LogP contribution in [0.2, 0.25) is 0 Å². The third-order valence-corrected chi connectivity index (χ3v) is 4.29. The molecule has 2 N–H and O–H groups in total. The van der Waals surface area contributed by atoms with Crippen LogP contribution in [0.3, 0.4) is 0 Å². The summed E-state index contributed by atoms with van der Waals surface area (Å²) in [6.07, 6.45) is 1.35. The first-order valence-electron chi connectivity index (χ1n) is 9.32. The summed E-state index contributed by atoms with van der Waals surface area (Å²) in [6.45, 7) is 2.41. The Morgan fingerprint density at radius 3 is 2.39 bits per heavy atom. The molecule has 1 aliphatic rings. The van der Waals surface area contributed by atoms with Crippen molar-refractivity contribution in [2.75, 3.05) is 41.9 Å². The summed E-state index contributed by atoms with van der Waals surface area (Å²) >= 11 is 0. The molecule has 3 aromatic rings. The first-order valence-corrected chi connectivity index (χ1v) is 9.32. The fourth-order valence-electron chi connectivity index (χ4n) is 2.78. The number of hydrogen-bond acceptors (Lipinski definition) is 8. The van der Waals surface area contributed by atoms with E-state index in [2.05, 4.69) is 30.8 Å². The predicted octanol–water partition coefficient (Wildman–Crippen LogP) is 3.60. The molecule has 0 bridgehead atoms. The fourth-order valence-corrected chi connectivity index (χ4v) is 2.78. The highest BCUT2D eigenvalue weighted by atomic mass is 35.5. The lowest BCUT2D eigenvalue weighted by Gasteiger charge is -2.27. The van der Waals surface area contributed by atoms with Crippen molar-refractivity contribution in [2.45, 2.75) is 0 Å². The van der Waals surface area contributed by atoms with Crippen LogP contribution in [-0.2, 0) is 4.74 Å². The van der Waals surface area contributed by atoms with Crippen molar-refractivity contribution in [2.24, 2.45) is 5.10 Å². The van der Waals surface area contributed by atoms with Crippen LogP contribution in [0.1, 0.15) is 5.56 Å². The third kappa shape index (κ3) is 6.06. The van der Waals surface area contributed by atoms with Gasteiger partial charge in [0, 0.05) is 24.3 Å². The van der Waals surface area contributed by atoms with E-state index in [-0.39, 0.29) is 35.9 Å². The molecule has 1 aliphatic heterocycles. The van der Waals surface area contributed by atoms with Gasteiger partial charge in [-0.1, -0.05) is 18.2 Å². The molecule has 0 unspecified atom stereocenters. The number of ether oxygens (including phenoxy) is 1. The van der Waals surface area contributed by atoms with E-state index in [1.807, 2.05) is 4.90 Å². The Morgan fingerprint density at radius 2 is 1.65 bits per heavy atom. The maximum Gasteiger partial charge on any atom is 0.250 e. The molecule has 0 spiro atoms. The number of hydrogen-bond donors (Lipinski definition) is 2. The lowest BCUT2D eigenvalue weighted by molar-refractivity contribution is 0.122. The molecule has 31 heavy (non-hydrogen) atoms. The van der Waals surface area contributed by atoms with E-state index >= 15 is 0 Å². The normalized spacial score (nSPS) is 13.7. The van der Waals surface area contributed by atoms with E-state index in [9.17, 15) is 8.78 Å². The van der Waals surface area contributed by atoms with Crippen LogP contribution < -0.4 is 15.6 Å². The van der Waals surface area contributed by atoms with Gasteiger partial charge in [-0.05, 0) is 30.3 Å². The van der Waals surface area contributed by atoms with E-state index in [0.29, 0.717) is 43.5 Å². The Bertz CT molecular complexity index is 1030. The molecule has 162 valence electrons. The number of morpholine rings is 1. The van der Waals surface area contributed by atoms with Gasteiger partial charge in [0.1, 0.15) is 11.6 Å². The first-order chi connectivity index (χ1) is 14.7. The standard InChI is InChI=1S/C20H19F2N7O.ClH/c21-15-5-7-16(8-6-15)24-18-25-19(27-20(26-18)29-9-11-30-12-10-29)28-23-13-14-3-1-2-4-17(14)22;/h1-8,13H,9-12H2,(H2,24,25,26,27,28);1H. The number of benzene rings is 2. The molecule has 2 heterocycles. The highest BCUT2D eigenvalue weighted by Crippen LogP contribution is 2.19. The van der Waals surface area contributed by atoms with Crippen molar-refractivity contribution < 1.29 is 13.5 Å². The summed E-state index contributed by atoms with van der Waals surface area (Å²) in [5.74, 6) is 0.174. The monoisotopic (exact) mass is 447 g/mol. The summed E-state index contributed by atoms with van der Waals surface area (Å²) in [6, 6.07) is 12.1. The summed E-state index contributed by atoms with van der Waals surface area (Å²) in [5, 5.41) is 7.06. The Morgan fingerprint density at radius 1 is 0.935 bits per heavy atom. The van der Waals surface area contributed by atoms with Gasteiger partial charge >= 0.3 is 0 Å². The van der Waals surface area contributed by atoms with Gasteiger partial charge in [-0.25, -0.2) is 14.2 Å². The van der Waals surface area contributed by atoms with E-state index in [4.69, 9.17) is 4.74 Å². The molecular formula is C20H20ClF2N7O. The Balaban J connectivity index is 0.00000272. The number of aromatic nitrogens is 3. The van der Waals surface area contributed by atoms with E-state index in [1.54, 1.807) is 30.3 Å². The quantitative estimate of drug-likeness (QED) is 0.441. The number of nitrogens with zero attached hydrogens (tertiary/aromatic N) is 5. The Kier molecular flexibility index (Phi) is 7.63. The Hall–Kier alpha value is -3.37. The van der Waals surface area contributed by atoms with Crippen LogP contribution in [0.25, 0.3) is 0 Å². The largest absolute Gasteiger partial charge is 0.378 e. The van der Waals surface area contributed by atoms with Crippen LogP contribution in [-0.4, -0.2) is 47.5 Å². The average molecular weight is 448 g/mol. The van der Waals surface area contributed by atoms with Gasteiger partial charge in [-0.3, -0.25) is 0 Å². The molecule has 0 amide bonds. The summed E-state index contributed by atoms with van der Waals surface area (Å²) in [4.78, 5) is 15.1. The molecule has 1 saturated heterocycles. The van der Waals surface area contributed by atoms with E-state index in [1.165, 1.54) is 24.4 Å². The zero-order valence-electron chi connectivity index (χ0n) is 16.3. The number of rotatable bonds is 6. The van der Waals surface area contributed by atoms with Crippen molar-refractivity contribution in [1.82, 2.24) is 15.0 Å². The minimum absolute atomic E-state index is 0. The highest BCUT2D eigenvalue weighted by molar-refractivity contribution is 5.85. The van der Waals surface area contributed by atoms with Gasteiger partial charge in [0.05, 0.1) is 19.4 Å². The van der Waals surface area contributed by atoms with Gasteiger partial charge in [0.25, 0.3) is 0 Å². The molecule has 1 fully saturated rings. The molecule has 0 atom stereocenters. The van der Waals surface area contributed by atoms with Crippen molar-refractivity contribution in [3.63, 3.8) is 0 Å². The van der Waals surface area contributed by atoms with Crippen molar-refractivity contribution in [1.29, 1.82) is 0 Å². The average Bonchev–Trinajstić information content (AvgIpc) is 2.77. The summed E-state index contributed by atoms with van der Waals surface area (Å²) < 4.78 is 32.3. The van der Waals surface area contributed by atoms with Crippen LogP contribution in [0.4, 0.5) is 32.3 Å². The van der Waals surface area contributed by atoms with Crippen molar-refractivity contribution in [3.8, 4) is 0 Å². The van der Waals surface area contributed by atoms with Crippen LogP contribution in [0, 0.1) is 11.6 Å². The number of halogens is 3. The van der Waals surface area contributed by atoms with Gasteiger partial charge in [0.2, 0.25) is 17.8 Å². The summed E-state index contributed by atoms with van der Waals surface area (Å²) in [5.41, 5.74) is 3.67. The topological polar surface area (TPSA) is 87.6 Å². The summed E-state index contributed by atoms with van der Waals surface area (Å²) in [7, 11) is 0. The molecule has 0 saturated carbocycles. The van der Waals surface area contributed by atoms with Crippen LogP contribution in [0.5, 0.6) is 0 Å². The minimum Gasteiger partial charge on any atom is -0.378 e. The van der Waals surface area contributed by atoms with Gasteiger partial charge in [0.15, 0.2) is 0 Å². The molecule has 2 aromatic carbocycles. The number of anilines is 4. The lowest BCUT2D eigenvalue weighted by atomic mass is 10.2. The molecular weight excluding hydrogens is 428 g/mol. The Labute approximate surface area is 183 Å². The smallest absolute Gasteiger partial charge is 0.250 e. The van der Waals surface area contributed by atoms with Crippen molar-refractivity contribution in [3.05, 3.63) is 65.7 Å². The van der Waals surface area contributed by atoms with Gasteiger partial charge in [-0.15, -0.1) is 12.4 Å². The van der Waals surface area contributed by atoms with E-state index < -0.39 is 0 Å². The second-order valence-electron chi connectivity index (χ2n) is 6.41. The SMILES string of the molecule is Cl.Fc1ccc(Nc2nc(NN=Cc3ccccc3F)nc(N3CCOCC3)n2)cc1. The predicted molar refractivity (Wildman–Crippen MR) is 117 cm³/mol. The molecule has 11 heteroatoms. The molecule has 0 aliphatic carbocycles. The maximum atomic E-state index is 13.7. The lowest BCUT2D eigenvalue weighted by Crippen LogP contribution is -2.37. The molecule has 8 nitrogen and oxygen atoms in total. The van der Waals surface area contributed by atoms with E-state index in [0.717, 1.165) is 0 Å². The van der Waals surface area contributed by atoms with Crippen LogP contribution >= 0.6 is 12.4 Å². The second-order valence-corrected chi connectivity index (χ2v) is 6.41. The maximum absolute atomic E-state index is 13.7. The van der Waals surface area contributed by atoms with Gasteiger partial charge < -0.3 is 15.0 Å². The van der Waals surface area contributed by atoms with Crippen molar-refractivity contribution >= 4 is 42.2 Å². The second kappa shape index (κ2) is 10.6.